The van der Waals surface area contributed by atoms with Crippen molar-refractivity contribution in [2.24, 2.45) is 0 Å². The summed E-state index contributed by atoms with van der Waals surface area (Å²) in [5.41, 5.74) is 6.90. The smallest absolute Gasteiger partial charge is 0.271 e. The zero-order valence-corrected chi connectivity index (χ0v) is 24.5. The number of benzene rings is 3. The molecule has 4 aromatic rings. The lowest BCUT2D eigenvalue weighted by Gasteiger charge is -2.35. The number of carbonyl (C=O) groups excluding carboxylic acids is 1. The fourth-order valence-electron chi connectivity index (χ4n) is 5.42. The average molecular weight is 604 g/mol. The Bertz CT molecular complexity index is 1730. The number of hydrogen-bond acceptors (Lipinski definition) is 9. The van der Waals surface area contributed by atoms with Crippen LogP contribution in [0.3, 0.4) is 0 Å². The quantitative estimate of drug-likeness (QED) is 0.229. The molecule has 1 amide bonds. The number of halogens is 1. The van der Waals surface area contributed by atoms with E-state index in [0.29, 0.717) is 18.0 Å². The van der Waals surface area contributed by atoms with Gasteiger partial charge in [0.2, 0.25) is 0 Å². The number of aryl methyl sites for hydroxylation is 1. The molecule has 222 valence electrons. The Morgan fingerprint density at radius 3 is 2.53 bits per heavy atom. The summed E-state index contributed by atoms with van der Waals surface area (Å²) in [6.45, 7) is 8.93. The summed E-state index contributed by atoms with van der Waals surface area (Å²) in [5.74, 6) is 1.06. The summed E-state index contributed by atoms with van der Waals surface area (Å²) < 4.78 is 16.5. The normalized spacial score (nSPS) is 15.7. The van der Waals surface area contributed by atoms with Crippen LogP contribution in [0.25, 0.3) is 10.9 Å². The van der Waals surface area contributed by atoms with Crippen LogP contribution in [0.15, 0.2) is 54.6 Å². The lowest BCUT2D eigenvalue weighted by Crippen LogP contribution is -2.36. The third-order valence-corrected chi connectivity index (χ3v) is 7.89. The molecule has 12 heteroatoms. The van der Waals surface area contributed by atoms with Gasteiger partial charge in [0.1, 0.15) is 18.1 Å². The summed E-state index contributed by atoms with van der Waals surface area (Å²) >= 11 is 6.36. The zero-order valence-electron chi connectivity index (χ0n) is 23.8. The van der Waals surface area contributed by atoms with Crippen LogP contribution >= 0.6 is 11.6 Å². The molecule has 0 radical (unpaired) electrons. The molecule has 1 aromatic heterocycles. The van der Waals surface area contributed by atoms with Crippen molar-refractivity contribution in [1.82, 2.24) is 4.98 Å². The van der Waals surface area contributed by atoms with Crippen molar-refractivity contribution in [3.05, 3.63) is 81.0 Å². The van der Waals surface area contributed by atoms with Crippen LogP contribution in [-0.4, -0.2) is 61.9 Å². The van der Waals surface area contributed by atoms with Crippen molar-refractivity contribution in [3.8, 4) is 11.5 Å². The molecular formula is C31H30ClN5O6. The molecule has 0 saturated carbocycles. The van der Waals surface area contributed by atoms with Gasteiger partial charge >= 0.3 is 0 Å². The first kappa shape index (κ1) is 28.5. The second-order valence-corrected chi connectivity index (χ2v) is 10.8. The SMILES string of the molecule is Cc1nc2ccc(Cl)cc2c(N2CCOc3ccc(N4CCOCC4)cc32)c1C.O=C1COc2ccc([N+](=O)[O-])cc2N1. The molecule has 4 heterocycles. The summed E-state index contributed by atoms with van der Waals surface area (Å²) in [5, 5.41) is 14.7. The predicted octanol–water partition coefficient (Wildman–Crippen LogP) is 5.80. The number of pyridine rings is 1. The van der Waals surface area contributed by atoms with Gasteiger partial charge < -0.3 is 29.3 Å². The molecule has 3 aliphatic heterocycles. The number of anilines is 4. The highest BCUT2D eigenvalue weighted by molar-refractivity contribution is 6.31. The maximum atomic E-state index is 10.9. The van der Waals surface area contributed by atoms with Gasteiger partial charge in [-0.15, -0.1) is 0 Å². The van der Waals surface area contributed by atoms with Gasteiger partial charge in [-0.1, -0.05) is 11.6 Å². The number of nitro groups is 1. The molecule has 43 heavy (non-hydrogen) atoms. The first-order valence-electron chi connectivity index (χ1n) is 13.9. The molecule has 0 bridgehead atoms. The topological polar surface area (TPSA) is 119 Å². The molecule has 1 fully saturated rings. The van der Waals surface area contributed by atoms with Crippen molar-refractivity contribution < 1.29 is 23.9 Å². The van der Waals surface area contributed by atoms with Gasteiger partial charge in [-0.2, -0.15) is 0 Å². The van der Waals surface area contributed by atoms with Gasteiger partial charge in [0, 0.05) is 47.0 Å². The Morgan fingerprint density at radius 2 is 1.74 bits per heavy atom. The maximum Gasteiger partial charge on any atom is 0.271 e. The van der Waals surface area contributed by atoms with Crippen molar-refractivity contribution in [2.75, 3.05) is 61.2 Å². The Balaban J connectivity index is 0.000000197. The molecule has 0 aliphatic carbocycles. The van der Waals surface area contributed by atoms with E-state index in [1.807, 2.05) is 18.2 Å². The number of aromatic nitrogens is 1. The van der Waals surface area contributed by atoms with Gasteiger partial charge in [-0.05, 0) is 61.9 Å². The number of fused-ring (bicyclic) bond motifs is 3. The van der Waals surface area contributed by atoms with Crippen LogP contribution in [-0.2, 0) is 9.53 Å². The van der Waals surface area contributed by atoms with E-state index in [9.17, 15) is 14.9 Å². The second kappa shape index (κ2) is 11.9. The van der Waals surface area contributed by atoms with E-state index in [1.165, 1.54) is 35.1 Å². The summed E-state index contributed by atoms with van der Waals surface area (Å²) in [6.07, 6.45) is 0. The van der Waals surface area contributed by atoms with Gasteiger partial charge in [0.05, 0.1) is 47.3 Å². The zero-order chi connectivity index (χ0) is 30.1. The van der Waals surface area contributed by atoms with Crippen LogP contribution in [0, 0.1) is 24.0 Å². The number of carbonyl (C=O) groups is 1. The average Bonchev–Trinajstić information content (AvgIpc) is 3.02. The Hall–Kier alpha value is -4.61. The predicted molar refractivity (Wildman–Crippen MR) is 165 cm³/mol. The standard InChI is InChI=1S/C23H24ClN3O2.C8H6N2O4/c1-15-16(2)25-20-5-3-17(24)13-19(20)23(15)27-9-12-29-22-6-4-18(14-21(22)27)26-7-10-28-11-8-26;11-8-4-14-7-2-1-5(10(12)13)3-6(7)9-8/h3-6,13-14H,7-12H2,1-2H3;1-3H,4H2,(H,9,11). The van der Waals surface area contributed by atoms with Crippen LogP contribution in [0.1, 0.15) is 11.3 Å². The number of nitro benzene ring substituents is 1. The van der Waals surface area contributed by atoms with E-state index >= 15 is 0 Å². The molecule has 0 spiro atoms. The monoisotopic (exact) mass is 603 g/mol. The molecule has 11 nitrogen and oxygen atoms in total. The Labute approximate surface area is 253 Å². The molecule has 1 saturated heterocycles. The van der Waals surface area contributed by atoms with Crippen LogP contribution < -0.4 is 24.6 Å². The number of nitrogens with zero attached hydrogens (tertiary/aromatic N) is 4. The Morgan fingerprint density at radius 1 is 0.953 bits per heavy atom. The fourth-order valence-corrected chi connectivity index (χ4v) is 5.59. The number of amides is 1. The number of morpholine rings is 1. The van der Waals surface area contributed by atoms with E-state index in [1.54, 1.807) is 0 Å². The molecular weight excluding hydrogens is 574 g/mol. The van der Waals surface area contributed by atoms with Crippen LogP contribution in [0.4, 0.5) is 28.4 Å². The van der Waals surface area contributed by atoms with Crippen LogP contribution in [0.2, 0.25) is 5.02 Å². The number of ether oxygens (including phenoxy) is 3. The maximum absolute atomic E-state index is 10.9. The fraction of sp³-hybridized carbons (Fsp3) is 0.290. The van der Waals surface area contributed by atoms with E-state index in [-0.39, 0.29) is 18.2 Å². The van der Waals surface area contributed by atoms with Crippen molar-refractivity contribution >= 4 is 56.8 Å². The highest BCUT2D eigenvalue weighted by Crippen LogP contribution is 2.43. The first-order valence-corrected chi connectivity index (χ1v) is 14.3. The summed E-state index contributed by atoms with van der Waals surface area (Å²) in [4.78, 5) is 30.3. The van der Waals surface area contributed by atoms with E-state index < -0.39 is 4.92 Å². The summed E-state index contributed by atoms with van der Waals surface area (Å²) in [7, 11) is 0. The highest BCUT2D eigenvalue weighted by atomic mass is 35.5. The number of rotatable bonds is 3. The second-order valence-electron chi connectivity index (χ2n) is 10.4. The first-order chi connectivity index (χ1) is 20.8. The molecule has 1 N–H and O–H groups in total. The van der Waals surface area contributed by atoms with Gasteiger partial charge in [-0.3, -0.25) is 19.9 Å². The Kier molecular flexibility index (Phi) is 7.92. The van der Waals surface area contributed by atoms with E-state index in [0.717, 1.165) is 65.9 Å². The van der Waals surface area contributed by atoms with E-state index in [2.05, 4.69) is 47.2 Å². The van der Waals surface area contributed by atoms with E-state index in [4.69, 9.17) is 30.8 Å². The van der Waals surface area contributed by atoms with Crippen molar-refractivity contribution in [3.63, 3.8) is 0 Å². The van der Waals surface area contributed by atoms with Gasteiger partial charge in [0.15, 0.2) is 6.61 Å². The molecule has 0 unspecified atom stereocenters. The minimum absolute atomic E-state index is 0.0508. The molecule has 3 aromatic carbocycles. The summed E-state index contributed by atoms with van der Waals surface area (Å²) in [6, 6.07) is 16.5. The number of non-ortho nitro benzene ring substituents is 1. The largest absolute Gasteiger partial charge is 0.490 e. The number of hydrogen-bond donors (Lipinski definition) is 1. The van der Waals surface area contributed by atoms with Crippen molar-refractivity contribution in [1.29, 1.82) is 0 Å². The van der Waals surface area contributed by atoms with Gasteiger partial charge in [0.25, 0.3) is 11.6 Å². The lowest BCUT2D eigenvalue weighted by atomic mass is 10.0. The third kappa shape index (κ3) is 5.86. The van der Waals surface area contributed by atoms with Gasteiger partial charge in [-0.25, -0.2) is 0 Å². The lowest BCUT2D eigenvalue weighted by molar-refractivity contribution is -0.384. The molecule has 3 aliphatic rings. The molecule has 0 atom stereocenters. The number of nitrogens with one attached hydrogen (secondary N) is 1. The minimum Gasteiger partial charge on any atom is -0.490 e. The minimum atomic E-state index is -0.527. The van der Waals surface area contributed by atoms with Crippen molar-refractivity contribution in [2.45, 2.75) is 13.8 Å². The van der Waals surface area contributed by atoms with Crippen LogP contribution in [0.5, 0.6) is 11.5 Å². The third-order valence-electron chi connectivity index (χ3n) is 7.66. The highest BCUT2D eigenvalue weighted by Gasteiger charge is 2.26. The molecule has 7 rings (SSSR count).